The zero-order valence-corrected chi connectivity index (χ0v) is 12.2. The van der Waals surface area contributed by atoms with Gasteiger partial charge in [-0.1, -0.05) is 0 Å². The van der Waals surface area contributed by atoms with Crippen LogP contribution in [0.2, 0.25) is 0 Å². The highest BCUT2D eigenvalue weighted by atomic mass is 32.2. The second-order valence-electron chi connectivity index (χ2n) is 4.22. The number of hydrogen-bond donors (Lipinski definition) is 2. The van der Waals surface area contributed by atoms with E-state index in [1.54, 1.807) is 0 Å². The molecule has 1 saturated heterocycles. The standard InChI is InChI=1S/C9H18N2O6S2/c1-2-18(14,15)10-5-7-19(16,17)11-6-3-4-8(11)9(12)13/h8,10H,2-7H2,1H3,(H,12,13)/t8-/m0/s1. The summed E-state index contributed by atoms with van der Waals surface area (Å²) >= 11 is 0. The van der Waals surface area contributed by atoms with Crippen molar-refractivity contribution in [2.45, 2.75) is 25.8 Å². The predicted octanol–water partition coefficient (Wildman–Crippen LogP) is -1.20. The molecule has 0 amide bonds. The maximum atomic E-state index is 11.9. The molecule has 1 aliphatic heterocycles. The van der Waals surface area contributed by atoms with Gasteiger partial charge in [0, 0.05) is 13.1 Å². The van der Waals surface area contributed by atoms with E-state index in [2.05, 4.69) is 4.72 Å². The average molecular weight is 314 g/mol. The van der Waals surface area contributed by atoms with Crippen LogP contribution in [0.15, 0.2) is 0 Å². The van der Waals surface area contributed by atoms with Crippen LogP contribution in [-0.4, -0.2) is 62.9 Å². The van der Waals surface area contributed by atoms with Gasteiger partial charge in [-0.15, -0.1) is 0 Å². The molecule has 1 aliphatic rings. The molecule has 0 bridgehead atoms. The smallest absolute Gasteiger partial charge is 0.322 e. The monoisotopic (exact) mass is 314 g/mol. The lowest BCUT2D eigenvalue weighted by Crippen LogP contribution is -2.43. The summed E-state index contributed by atoms with van der Waals surface area (Å²) in [5.74, 6) is -1.74. The van der Waals surface area contributed by atoms with Gasteiger partial charge < -0.3 is 5.11 Å². The number of aliphatic carboxylic acids is 1. The number of nitrogens with zero attached hydrogens (tertiary/aromatic N) is 1. The third-order valence-electron chi connectivity index (χ3n) is 2.91. The first kappa shape index (κ1) is 16.3. The second kappa shape index (κ2) is 6.16. The Hall–Kier alpha value is -0.710. The average Bonchev–Trinajstić information content (AvgIpc) is 2.78. The van der Waals surface area contributed by atoms with Gasteiger partial charge in [-0.25, -0.2) is 21.6 Å². The van der Waals surface area contributed by atoms with Gasteiger partial charge >= 0.3 is 5.97 Å². The summed E-state index contributed by atoms with van der Waals surface area (Å²) in [6.45, 7) is 1.36. The summed E-state index contributed by atoms with van der Waals surface area (Å²) < 4.78 is 49.3. The lowest BCUT2D eigenvalue weighted by Gasteiger charge is -2.20. The van der Waals surface area contributed by atoms with E-state index >= 15 is 0 Å². The molecule has 1 fully saturated rings. The zero-order chi connectivity index (χ0) is 14.7. The van der Waals surface area contributed by atoms with Crippen molar-refractivity contribution < 1.29 is 26.7 Å². The van der Waals surface area contributed by atoms with Crippen molar-refractivity contribution in [2.75, 3.05) is 24.6 Å². The fourth-order valence-electron chi connectivity index (χ4n) is 1.87. The summed E-state index contributed by atoms with van der Waals surface area (Å²) in [5.41, 5.74) is 0. The van der Waals surface area contributed by atoms with Crippen LogP contribution in [-0.2, 0) is 24.8 Å². The Balaban J connectivity index is 2.64. The van der Waals surface area contributed by atoms with Crippen molar-refractivity contribution >= 4 is 26.0 Å². The van der Waals surface area contributed by atoms with Crippen molar-refractivity contribution in [3.63, 3.8) is 0 Å². The van der Waals surface area contributed by atoms with Gasteiger partial charge in [-0.2, -0.15) is 4.31 Å². The van der Waals surface area contributed by atoms with Gasteiger partial charge in [-0.3, -0.25) is 4.79 Å². The molecule has 0 spiro atoms. The Morgan fingerprint density at radius 3 is 2.53 bits per heavy atom. The van der Waals surface area contributed by atoms with Gasteiger partial charge in [0.1, 0.15) is 6.04 Å². The van der Waals surface area contributed by atoms with Crippen molar-refractivity contribution in [2.24, 2.45) is 0 Å². The van der Waals surface area contributed by atoms with Gasteiger partial charge in [-0.05, 0) is 19.8 Å². The first-order valence-electron chi connectivity index (χ1n) is 5.89. The minimum absolute atomic E-state index is 0.130. The summed E-state index contributed by atoms with van der Waals surface area (Å²) in [6.07, 6.45) is 0.784. The molecular weight excluding hydrogens is 296 g/mol. The number of carboxylic acids is 1. The predicted molar refractivity (Wildman–Crippen MR) is 68.6 cm³/mol. The molecule has 0 unspecified atom stereocenters. The molecule has 1 rings (SSSR count). The molecule has 0 saturated carbocycles. The molecule has 0 radical (unpaired) electrons. The van der Waals surface area contributed by atoms with Crippen LogP contribution in [0.4, 0.5) is 0 Å². The number of hydrogen-bond acceptors (Lipinski definition) is 5. The van der Waals surface area contributed by atoms with E-state index in [0.29, 0.717) is 6.42 Å². The second-order valence-corrected chi connectivity index (χ2v) is 8.36. The van der Waals surface area contributed by atoms with Crippen molar-refractivity contribution in [1.82, 2.24) is 9.03 Å². The van der Waals surface area contributed by atoms with Crippen LogP contribution >= 0.6 is 0 Å². The Bertz CT molecular complexity index is 527. The lowest BCUT2D eigenvalue weighted by molar-refractivity contribution is -0.140. The highest BCUT2D eigenvalue weighted by molar-refractivity contribution is 7.90. The minimum atomic E-state index is -3.76. The maximum absolute atomic E-state index is 11.9. The third kappa shape index (κ3) is 4.41. The molecule has 0 aliphatic carbocycles. The highest BCUT2D eigenvalue weighted by Gasteiger charge is 2.38. The summed E-state index contributed by atoms with van der Waals surface area (Å²) in [4.78, 5) is 10.9. The number of carboxylic acid groups (broad SMARTS) is 1. The fourth-order valence-corrected chi connectivity index (χ4v) is 4.20. The Labute approximate surface area is 112 Å². The summed E-state index contributed by atoms with van der Waals surface area (Å²) in [7, 11) is -7.20. The first-order chi connectivity index (χ1) is 8.69. The van der Waals surface area contributed by atoms with Gasteiger partial charge in [0.25, 0.3) is 0 Å². The number of sulfonamides is 2. The van der Waals surface area contributed by atoms with Crippen molar-refractivity contribution in [1.29, 1.82) is 0 Å². The van der Waals surface area contributed by atoms with E-state index in [1.807, 2.05) is 0 Å². The number of carbonyl (C=O) groups is 1. The van der Waals surface area contributed by atoms with E-state index in [1.165, 1.54) is 6.92 Å². The molecule has 0 aromatic carbocycles. The number of rotatable bonds is 7. The normalized spacial score (nSPS) is 21.6. The summed E-state index contributed by atoms with van der Waals surface area (Å²) in [6, 6.07) is -1.03. The molecule has 10 heteroatoms. The largest absolute Gasteiger partial charge is 0.480 e. The summed E-state index contributed by atoms with van der Waals surface area (Å²) in [5, 5.41) is 8.92. The van der Waals surface area contributed by atoms with Gasteiger partial charge in [0.2, 0.25) is 20.0 Å². The molecule has 112 valence electrons. The molecule has 19 heavy (non-hydrogen) atoms. The molecule has 0 aromatic heterocycles. The zero-order valence-electron chi connectivity index (χ0n) is 10.6. The number of nitrogens with one attached hydrogen (secondary N) is 1. The van der Waals surface area contributed by atoms with Gasteiger partial charge in [0.15, 0.2) is 0 Å². The molecule has 1 atom stereocenters. The highest BCUT2D eigenvalue weighted by Crippen LogP contribution is 2.21. The van der Waals surface area contributed by atoms with Crippen LogP contribution in [0, 0.1) is 0 Å². The van der Waals surface area contributed by atoms with Crippen LogP contribution in [0.3, 0.4) is 0 Å². The van der Waals surface area contributed by atoms with Gasteiger partial charge in [0.05, 0.1) is 11.5 Å². The Morgan fingerprint density at radius 1 is 1.37 bits per heavy atom. The quantitative estimate of drug-likeness (QED) is 0.609. The van der Waals surface area contributed by atoms with Crippen LogP contribution in [0.5, 0.6) is 0 Å². The Morgan fingerprint density at radius 2 is 2.00 bits per heavy atom. The SMILES string of the molecule is CCS(=O)(=O)NCCS(=O)(=O)N1CCC[C@H]1C(=O)O. The molecule has 0 aromatic rings. The molecule has 1 heterocycles. The van der Waals surface area contributed by atoms with Crippen LogP contribution in [0.1, 0.15) is 19.8 Å². The lowest BCUT2D eigenvalue weighted by atomic mass is 10.2. The minimum Gasteiger partial charge on any atom is -0.480 e. The van der Waals surface area contributed by atoms with E-state index < -0.39 is 37.8 Å². The fraction of sp³-hybridized carbons (Fsp3) is 0.889. The van der Waals surface area contributed by atoms with E-state index in [0.717, 1.165) is 4.31 Å². The van der Waals surface area contributed by atoms with Crippen molar-refractivity contribution in [3.05, 3.63) is 0 Å². The topological polar surface area (TPSA) is 121 Å². The molecule has 8 nitrogen and oxygen atoms in total. The third-order valence-corrected chi connectivity index (χ3v) is 6.18. The maximum Gasteiger partial charge on any atom is 0.322 e. The molecular formula is C9H18N2O6S2. The van der Waals surface area contributed by atoms with Crippen molar-refractivity contribution in [3.8, 4) is 0 Å². The van der Waals surface area contributed by atoms with Crippen LogP contribution < -0.4 is 4.72 Å². The van der Waals surface area contributed by atoms with E-state index in [9.17, 15) is 21.6 Å². The van der Waals surface area contributed by atoms with E-state index in [-0.39, 0.29) is 25.3 Å². The first-order valence-corrected chi connectivity index (χ1v) is 9.15. The molecule has 2 N–H and O–H groups in total. The van der Waals surface area contributed by atoms with Crippen LogP contribution in [0.25, 0.3) is 0 Å². The Kier molecular flexibility index (Phi) is 5.30. The van der Waals surface area contributed by atoms with E-state index in [4.69, 9.17) is 5.11 Å².